The number of fused-ring (bicyclic) bond motifs is 10. The third-order valence-electron chi connectivity index (χ3n) is 10.6. The minimum Gasteiger partial charge on any atom is -0.455 e. The number of benzene rings is 9. The summed E-state index contributed by atoms with van der Waals surface area (Å²) in [5, 5.41) is 9.67. The molecule has 0 saturated carbocycles. The fourth-order valence-corrected chi connectivity index (χ4v) is 9.16. The van der Waals surface area contributed by atoms with E-state index in [1.807, 2.05) is 11.3 Å². The Morgan fingerprint density at radius 2 is 1.02 bits per heavy atom. The van der Waals surface area contributed by atoms with Crippen molar-refractivity contribution in [2.45, 2.75) is 0 Å². The van der Waals surface area contributed by atoms with Crippen LogP contribution in [0.3, 0.4) is 0 Å². The van der Waals surface area contributed by atoms with Crippen molar-refractivity contribution in [1.82, 2.24) is 0 Å². The molecule has 53 heavy (non-hydrogen) atoms. The first kappa shape index (κ1) is 30.0. The maximum Gasteiger partial charge on any atom is 0.143 e. The molecule has 9 aromatic carbocycles. The highest BCUT2D eigenvalue weighted by molar-refractivity contribution is 7.26. The summed E-state index contributed by atoms with van der Waals surface area (Å²) >= 11 is 1.84. The van der Waals surface area contributed by atoms with Crippen LogP contribution in [0.15, 0.2) is 192 Å². The average Bonchev–Trinajstić information content (AvgIpc) is 3.80. The molecule has 2 heterocycles. The second-order valence-electron chi connectivity index (χ2n) is 13.7. The molecule has 0 N–H and O–H groups in total. The van der Waals surface area contributed by atoms with Crippen molar-refractivity contribution in [3.63, 3.8) is 0 Å². The van der Waals surface area contributed by atoms with Crippen LogP contribution in [0.4, 0.5) is 17.1 Å². The van der Waals surface area contributed by atoms with Gasteiger partial charge in [0.1, 0.15) is 11.2 Å². The minimum atomic E-state index is 0.922. The third-order valence-corrected chi connectivity index (χ3v) is 11.8. The second kappa shape index (κ2) is 11.9. The van der Waals surface area contributed by atoms with E-state index in [9.17, 15) is 0 Å². The molecule has 0 unspecified atom stereocenters. The van der Waals surface area contributed by atoms with Gasteiger partial charge in [0, 0.05) is 53.4 Å². The van der Waals surface area contributed by atoms with Gasteiger partial charge in [-0.25, -0.2) is 0 Å². The van der Waals surface area contributed by atoms with Gasteiger partial charge in [0.15, 0.2) is 0 Å². The van der Waals surface area contributed by atoms with Crippen molar-refractivity contribution in [1.29, 1.82) is 0 Å². The highest BCUT2D eigenvalue weighted by Crippen LogP contribution is 2.46. The Kier molecular flexibility index (Phi) is 6.76. The van der Waals surface area contributed by atoms with E-state index in [2.05, 4.69) is 193 Å². The number of nitrogens with zero attached hydrogens (tertiary/aromatic N) is 1. The average molecular weight is 694 g/mol. The molecule has 0 aliphatic heterocycles. The quantitative estimate of drug-likeness (QED) is 0.178. The van der Waals surface area contributed by atoms with Gasteiger partial charge < -0.3 is 9.32 Å². The summed E-state index contributed by atoms with van der Waals surface area (Å²) in [4.78, 5) is 2.39. The normalized spacial score (nSPS) is 11.8. The number of furan rings is 1. The Morgan fingerprint density at radius 1 is 0.358 bits per heavy atom. The first-order chi connectivity index (χ1) is 26.2. The van der Waals surface area contributed by atoms with Gasteiger partial charge in [-0.2, -0.15) is 0 Å². The molecule has 0 amide bonds. The van der Waals surface area contributed by atoms with Gasteiger partial charge in [0.25, 0.3) is 0 Å². The van der Waals surface area contributed by atoms with E-state index in [4.69, 9.17) is 4.42 Å². The molecule has 0 saturated heterocycles. The largest absolute Gasteiger partial charge is 0.455 e. The predicted molar refractivity (Wildman–Crippen MR) is 227 cm³/mol. The lowest BCUT2D eigenvalue weighted by Gasteiger charge is -2.26. The maximum atomic E-state index is 6.63. The lowest BCUT2D eigenvalue weighted by molar-refractivity contribution is 0.673. The summed E-state index contributed by atoms with van der Waals surface area (Å²) in [5.41, 5.74) is 9.97. The molecule has 0 spiro atoms. The van der Waals surface area contributed by atoms with E-state index >= 15 is 0 Å². The molecule has 0 fully saturated rings. The van der Waals surface area contributed by atoms with Crippen LogP contribution in [-0.2, 0) is 0 Å². The molecular formula is C50H31NOS. The number of anilines is 3. The summed E-state index contributed by atoms with van der Waals surface area (Å²) in [5.74, 6) is 0. The molecule has 2 aromatic heterocycles. The van der Waals surface area contributed by atoms with Crippen molar-refractivity contribution in [2.75, 3.05) is 4.90 Å². The number of thiophene rings is 1. The highest BCUT2D eigenvalue weighted by atomic mass is 32.1. The fourth-order valence-electron chi connectivity index (χ4n) is 8.06. The second-order valence-corrected chi connectivity index (χ2v) is 14.8. The summed E-state index contributed by atoms with van der Waals surface area (Å²) in [6.07, 6.45) is 0. The van der Waals surface area contributed by atoms with Crippen LogP contribution in [0.5, 0.6) is 0 Å². The Labute approximate surface area is 310 Å². The molecule has 11 rings (SSSR count). The van der Waals surface area contributed by atoms with Crippen LogP contribution in [0, 0.1) is 0 Å². The Bertz CT molecular complexity index is 3170. The standard InChI is InChI=1S/C50H31NOS/c1-2-9-32(10-3-1)37-14-8-15-40(30-37)51(39-22-19-34(20-23-39)38-18-17-33-11-4-5-13-36(33)29-38)41-24-27-46-44(31-41)49-47(53-46)28-26-45-48(49)43-25-21-35-12-6-7-16-42(35)50(43)52-45/h1-31H. The molecule has 11 aromatic rings. The van der Waals surface area contributed by atoms with E-state index in [0.29, 0.717) is 0 Å². The number of rotatable bonds is 5. The Morgan fingerprint density at radius 3 is 1.91 bits per heavy atom. The predicted octanol–water partition coefficient (Wildman–Crippen LogP) is 15.1. The topological polar surface area (TPSA) is 16.4 Å². The molecule has 0 aliphatic carbocycles. The summed E-state index contributed by atoms with van der Waals surface area (Å²) in [7, 11) is 0. The maximum absolute atomic E-state index is 6.63. The Balaban J connectivity index is 1.11. The zero-order chi connectivity index (χ0) is 34.9. The molecule has 0 radical (unpaired) electrons. The van der Waals surface area contributed by atoms with Gasteiger partial charge in [-0.15, -0.1) is 11.3 Å². The highest BCUT2D eigenvalue weighted by Gasteiger charge is 2.20. The molecule has 248 valence electrons. The van der Waals surface area contributed by atoms with Gasteiger partial charge in [0.05, 0.1) is 0 Å². The van der Waals surface area contributed by atoms with Gasteiger partial charge in [-0.05, 0) is 105 Å². The van der Waals surface area contributed by atoms with Crippen LogP contribution < -0.4 is 4.90 Å². The molecule has 0 atom stereocenters. The van der Waals surface area contributed by atoms with E-state index in [1.54, 1.807) is 0 Å². The van der Waals surface area contributed by atoms with Crippen LogP contribution >= 0.6 is 11.3 Å². The van der Waals surface area contributed by atoms with Crippen LogP contribution in [0.2, 0.25) is 0 Å². The lowest BCUT2D eigenvalue weighted by atomic mass is 10.0. The summed E-state index contributed by atoms with van der Waals surface area (Å²) in [6, 6.07) is 68.0. The molecule has 0 bridgehead atoms. The van der Waals surface area contributed by atoms with Crippen molar-refractivity contribution in [3.05, 3.63) is 188 Å². The van der Waals surface area contributed by atoms with Crippen molar-refractivity contribution in [2.24, 2.45) is 0 Å². The summed E-state index contributed by atoms with van der Waals surface area (Å²) in [6.45, 7) is 0. The van der Waals surface area contributed by atoms with E-state index in [0.717, 1.165) is 39.0 Å². The lowest BCUT2D eigenvalue weighted by Crippen LogP contribution is -2.10. The van der Waals surface area contributed by atoms with Gasteiger partial charge in [-0.3, -0.25) is 0 Å². The first-order valence-corrected chi connectivity index (χ1v) is 18.8. The first-order valence-electron chi connectivity index (χ1n) is 18.0. The minimum absolute atomic E-state index is 0.922. The number of hydrogen-bond acceptors (Lipinski definition) is 3. The van der Waals surface area contributed by atoms with E-state index < -0.39 is 0 Å². The number of hydrogen-bond donors (Lipinski definition) is 0. The summed E-state index contributed by atoms with van der Waals surface area (Å²) < 4.78 is 9.15. The fraction of sp³-hybridized carbons (Fsp3) is 0. The van der Waals surface area contributed by atoms with E-state index in [1.165, 1.54) is 64.0 Å². The van der Waals surface area contributed by atoms with Crippen LogP contribution in [-0.4, -0.2) is 0 Å². The van der Waals surface area contributed by atoms with E-state index in [-0.39, 0.29) is 0 Å². The van der Waals surface area contributed by atoms with Crippen LogP contribution in [0.1, 0.15) is 0 Å². The molecule has 3 heteroatoms. The zero-order valence-electron chi connectivity index (χ0n) is 28.7. The molecular weight excluding hydrogens is 663 g/mol. The van der Waals surface area contributed by atoms with Crippen molar-refractivity contribution < 1.29 is 4.42 Å². The zero-order valence-corrected chi connectivity index (χ0v) is 29.5. The monoisotopic (exact) mass is 693 g/mol. The van der Waals surface area contributed by atoms with Crippen LogP contribution in [0.25, 0.3) is 85.9 Å². The van der Waals surface area contributed by atoms with Crippen molar-refractivity contribution >= 4 is 92.1 Å². The van der Waals surface area contributed by atoms with Crippen molar-refractivity contribution in [3.8, 4) is 22.3 Å². The van der Waals surface area contributed by atoms with Gasteiger partial charge in [-0.1, -0.05) is 121 Å². The Hall–Kier alpha value is -6.68. The van der Waals surface area contributed by atoms with Gasteiger partial charge >= 0.3 is 0 Å². The van der Waals surface area contributed by atoms with Gasteiger partial charge in [0.2, 0.25) is 0 Å². The molecule has 0 aliphatic rings. The molecule has 2 nitrogen and oxygen atoms in total. The SMILES string of the molecule is c1ccc(-c2cccc(N(c3ccc(-c4ccc5ccccc5c4)cc3)c3ccc4sc5ccc6oc7c8ccccc8ccc7c6c5c4c3)c2)cc1. The smallest absolute Gasteiger partial charge is 0.143 e. The third kappa shape index (κ3) is 4.93.